The Morgan fingerprint density at radius 3 is 2.42 bits per heavy atom. The number of benzene rings is 2. The van der Waals surface area contributed by atoms with Crippen molar-refractivity contribution in [2.45, 2.75) is 37.5 Å². The van der Waals surface area contributed by atoms with Crippen LogP contribution in [0.3, 0.4) is 0 Å². The van der Waals surface area contributed by atoms with Crippen LogP contribution in [0.1, 0.15) is 36.8 Å². The number of aromatic amines is 1. The number of fused-ring (bicyclic) bond motifs is 4. The van der Waals surface area contributed by atoms with Gasteiger partial charge in [-0.15, -0.1) is 0 Å². The minimum absolute atomic E-state index is 0.0475. The molecular formula is C22H20N2OS. The molecule has 5 rings (SSSR count). The van der Waals surface area contributed by atoms with E-state index in [1.165, 1.54) is 18.4 Å². The minimum Gasteiger partial charge on any atom is -0.331 e. The third-order valence-corrected chi connectivity index (χ3v) is 6.31. The van der Waals surface area contributed by atoms with Crippen LogP contribution in [0.25, 0.3) is 16.9 Å². The average Bonchev–Trinajstić information content (AvgIpc) is 3.11. The highest BCUT2D eigenvalue weighted by Gasteiger charge is 2.44. The Morgan fingerprint density at radius 1 is 0.962 bits per heavy atom. The van der Waals surface area contributed by atoms with E-state index in [4.69, 9.17) is 12.2 Å². The van der Waals surface area contributed by atoms with E-state index >= 15 is 0 Å². The fourth-order valence-electron chi connectivity index (χ4n) is 4.89. The lowest BCUT2D eigenvalue weighted by Gasteiger charge is -2.36. The van der Waals surface area contributed by atoms with Crippen LogP contribution in [0, 0.1) is 4.77 Å². The summed E-state index contributed by atoms with van der Waals surface area (Å²) in [5, 5.41) is 0. The van der Waals surface area contributed by atoms with Gasteiger partial charge in [0.1, 0.15) is 0 Å². The number of hydrogen-bond acceptors (Lipinski definition) is 2. The van der Waals surface area contributed by atoms with Crippen molar-refractivity contribution >= 4 is 12.2 Å². The second-order valence-corrected chi connectivity index (χ2v) is 7.86. The maximum absolute atomic E-state index is 13.7. The van der Waals surface area contributed by atoms with Crippen molar-refractivity contribution in [2.75, 3.05) is 0 Å². The summed E-state index contributed by atoms with van der Waals surface area (Å²) in [6.45, 7) is 0. The molecule has 1 N–H and O–H groups in total. The van der Waals surface area contributed by atoms with Gasteiger partial charge in [0.15, 0.2) is 4.77 Å². The molecule has 2 aliphatic rings. The lowest BCUT2D eigenvalue weighted by atomic mass is 9.68. The predicted octanol–water partition coefficient (Wildman–Crippen LogP) is 4.93. The third kappa shape index (κ3) is 2.18. The Hall–Kier alpha value is -2.46. The van der Waals surface area contributed by atoms with Gasteiger partial charge < -0.3 is 4.98 Å². The van der Waals surface area contributed by atoms with Crippen molar-refractivity contribution in [3.8, 4) is 16.9 Å². The molecule has 0 saturated heterocycles. The number of para-hydroxylation sites is 1. The van der Waals surface area contributed by atoms with Crippen LogP contribution in [0.15, 0.2) is 59.4 Å². The minimum atomic E-state index is -0.0587. The zero-order chi connectivity index (χ0) is 17.7. The molecule has 3 nitrogen and oxygen atoms in total. The van der Waals surface area contributed by atoms with Crippen LogP contribution < -0.4 is 5.56 Å². The van der Waals surface area contributed by atoms with Crippen LogP contribution in [0.5, 0.6) is 0 Å². The molecule has 3 aromatic rings. The smallest absolute Gasteiger partial charge is 0.263 e. The monoisotopic (exact) mass is 360 g/mol. The number of nitrogens with one attached hydrogen (secondary N) is 1. The standard InChI is InChI=1S/C22H20N2OS/c25-20-18-19(23-21(26)24(20)16-9-2-1-3-10-16)17-11-5-4-8-15(17)14-22(18)12-6-7-13-22/h1-5,8-11H,6-7,12-14H2,(H,23,26). The number of hydrogen-bond donors (Lipinski definition) is 1. The second-order valence-electron chi connectivity index (χ2n) is 7.48. The Labute approximate surface area is 157 Å². The van der Waals surface area contributed by atoms with Crippen molar-refractivity contribution in [2.24, 2.45) is 0 Å². The van der Waals surface area contributed by atoms with E-state index in [1.54, 1.807) is 4.57 Å². The molecule has 0 unspecified atom stereocenters. The molecule has 26 heavy (non-hydrogen) atoms. The fourth-order valence-corrected chi connectivity index (χ4v) is 5.18. The van der Waals surface area contributed by atoms with Crippen LogP contribution in [0.4, 0.5) is 0 Å². The summed E-state index contributed by atoms with van der Waals surface area (Å²) < 4.78 is 2.13. The Morgan fingerprint density at radius 2 is 1.65 bits per heavy atom. The van der Waals surface area contributed by atoms with Gasteiger partial charge in [0.2, 0.25) is 0 Å². The number of H-pyrrole nitrogens is 1. The summed E-state index contributed by atoms with van der Waals surface area (Å²) in [6.07, 6.45) is 5.46. The molecule has 0 aliphatic heterocycles. The van der Waals surface area contributed by atoms with Gasteiger partial charge in [0.05, 0.1) is 11.4 Å². The van der Waals surface area contributed by atoms with Gasteiger partial charge in [-0.3, -0.25) is 9.36 Å². The largest absolute Gasteiger partial charge is 0.331 e. The molecule has 1 spiro atoms. The van der Waals surface area contributed by atoms with Crippen molar-refractivity contribution in [1.82, 2.24) is 9.55 Å². The molecule has 0 bridgehead atoms. The van der Waals surface area contributed by atoms with Gasteiger partial charge in [-0.1, -0.05) is 55.3 Å². The van der Waals surface area contributed by atoms with Gasteiger partial charge in [-0.05, 0) is 49.2 Å². The molecular weight excluding hydrogens is 340 g/mol. The summed E-state index contributed by atoms with van der Waals surface area (Å²) in [6, 6.07) is 18.1. The summed E-state index contributed by atoms with van der Waals surface area (Å²) in [4.78, 5) is 17.1. The van der Waals surface area contributed by atoms with Gasteiger partial charge in [-0.25, -0.2) is 0 Å². The molecule has 2 aromatic carbocycles. The van der Waals surface area contributed by atoms with Crippen LogP contribution >= 0.6 is 12.2 Å². The quantitative estimate of drug-likeness (QED) is 0.625. The number of rotatable bonds is 1. The first-order chi connectivity index (χ1) is 12.7. The molecule has 0 atom stereocenters. The first-order valence-corrected chi connectivity index (χ1v) is 9.64. The van der Waals surface area contributed by atoms with Crippen molar-refractivity contribution in [3.63, 3.8) is 0 Å². The van der Waals surface area contributed by atoms with E-state index in [0.717, 1.165) is 41.8 Å². The molecule has 130 valence electrons. The highest BCUT2D eigenvalue weighted by molar-refractivity contribution is 7.71. The van der Waals surface area contributed by atoms with E-state index in [2.05, 4.69) is 23.2 Å². The summed E-state index contributed by atoms with van der Waals surface area (Å²) in [5.74, 6) is 0. The number of aromatic nitrogens is 2. The first kappa shape index (κ1) is 15.8. The molecule has 1 fully saturated rings. The van der Waals surface area contributed by atoms with E-state index in [-0.39, 0.29) is 11.0 Å². The summed E-state index contributed by atoms with van der Waals surface area (Å²) in [7, 11) is 0. The Balaban J connectivity index is 1.88. The predicted molar refractivity (Wildman–Crippen MR) is 107 cm³/mol. The molecule has 4 heteroatoms. The van der Waals surface area contributed by atoms with E-state index in [0.29, 0.717) is 4.77 Å². The van der Waals surface area contributed by atoms with Crippen LogP contribution in [0.2, 0.25) is 0 Å². The summed E-state index contributed by atoms with van der Waals surface area (Å²) in [5.41, 5.74) is 5.14. The lowest BCUT2D eigenvalue weighted by Crippen LogP contribution is -2.39. The highest BCUT2D eigenvalue weighted by Crippen LogP contribution is 2.49. The molecule has 0 radical (unpaired) electrons. The maximum atomic E-state index is 13.7. The van der Waals surface area contributed by atoms with Gasteiger partial charge >= 0.3 is 0 Å². The van der Waals surface area contributed by atoms with Gasteiger partial charge in [0.25, 0.3) is 5.56 Å². The van der Waals surface area contributed by atoms with Crippen molar-refractivity contribution < 1.29 is 0 Å². The Bertz CT molecular complexity index is 1100. The lowest BCUT2D eigenvalue weighted by molar-refractivity contribution is 0.424. The third-order valence-electron chi connectivity index (χ3n) is 6.02. The molecule has 1 saturated carbocycles. The topological polar surface area (TPSA) is 37.8 Å². The highest BCUT2D eigenvalue weighted by atomic mass is 32.1. The zero-order valence-corrected chi connectivity index (χ0v) is 15.3. The molecule has 1 aromatic heterocycles. The van der Waals surface area contributed by atoms with Crippen molar-refractivity contribution in [3.05, 3.63) is 80.8 Å². The fraction of sp³-hybridized carbons (Fsp3) is 0.273. The van der Waals surface area contributed by atoms with E-state index in [1.807, 2.05) is 36.4 Å². The van der Waals surface area contributed by atoms with E-state index in [9.17, 15) is 4.79 Å². The zero-order valence-electron chi connectivity index (χ0n) is 14.5. The number of nitrogens with zero attached hydrogens (tertiary/aromatic N) is 1. The second kappa shape index (κ2) is 5.78. The Kier molecular flexibility index (Phi) is 3.50. The molecule has 1 heterocycles. The van der Waals surface area contributed by atoms with Gasteiger partial charge in [-0.2, -0.15) is 0 Å². The molecule has 2 aliphatic carbocycles. The average molecular weight is 360 g/mol. The molecule has 0 amide bonds. The first-order valence-electron chi connectivity index (χ1n) is 9.23. The summed E-state index contributed by atoms with van der Waals surface area (Å²) >= 11 is 5.61. The van der Waals surface area contributed by atoms with E-state index < -0.39 is 0 Å². The van der Waals surface area contributed by atoms with Gasteiger partial charge in [0, 0.05) is 16.5 Å². The van der Waals surface area contributed by atoms with Crippen molar-refractivity contribution in [1.29, 1.82) is 0 Å². The van der Waals surface area contributed by atoms with Crippen LogP contribution in [-0.4, -0.2) is 9.55 Å². The normalized spacial score (nSPS) is 17.1. The SMILES string of the molecule is O=c1c2c([nH]c(=S)n1-c1ccccc1)-c1ccccc1CC21CCCC1. The van der Waals surface area contributed by atoms with Crippen LogP contribution in [-0.2, 0) is 11.8 Å². The maximum Gasteiger partial charge on any atom is 0.263 e.